The predicted octanol–water partition coefficient (Wildman–Crippen LogP) is 4.56. The third-order valence-corrected chi connectivity index (χ3v) is 3.38. The summed E-state index contributed by atoms with van der Waals surface area (Å²) < 4.78 is 5.13. The van der Waals surface area contributed by atoms with Crippen LogP contribution in [0.4, 0.5) is 0 Å². The first-order chi connectivity index (χ1) is 7.33. The SMILES string of the molecule is C=CCSSCC=C.CCCOCCC. The molecule has 0 spiro atoms. The van der Waals surface area contributed by atoms with Gasteiger partial charge in [0.25, 0.3) is 0 Å². The third kappa shape index (κ3) is 24.9. The molecule has 0 aliphatic heterocycles. The smallest absolute Gasteiger partial charge is 0.0463 e. The molecule has 0 amide bonds. The lowest BCUT2D eigenvalue weighted by Gasteiger charge is -1.95. The van der Waals surface area contributed by atoms with Crippen LogP contribution >= 0.6 is 21.6 Å². The normalized spacial score (nSPS) is 8.93. The molecule has 0 fully saturated rings. The standard InChI is InChI=1S/C6H14O.C6H10S2/c1-3-5-7-6-4-2;1-3-5-7-8-6-4-2/h3-6H2,1-2H3;3-4H,1-2,5-6H2. The molecule has 90 valence electrons. The van der Waals surface area contributed by atoms with Crippen LogP contribution in [0, 0.1) is 0 Å². The Hall–Kier alpha value is 0.140. The molecule has 3 heteroatoms. The largest absolute Gasteiger partial charge is 0.381 e. The van der Waals surface area contributed by atoms with E-state index < -0.39 is 0 Å². The topological polar surface area (TPSA) is 9.23 Å². The first-order valence-corrected chi connectivity index (χ1v) is 7.86. The van der Waals surface area contributed by atoms with Gasteiger partial charge in [0.2, 0.25) is 0 Å². The highest BCUT2D eigenvalue weighted by Crippen LogP contribution is 2.20. The second kappa shape index (κ2) is 19.7. The van der Waals surface area contributed by atoms with Crippen molar-refractivity contribution in [2.45, 2.75) is 26.7 Å². The fourth-order valence-electron chi connectivity index (χ4n) is 0.583. The minimum Gasteiger partial charge on any atom is -0.381 e. The van der Waals surface area contributed by atoms with Gasteiger partial charge in [-0.3, -0.25) is 0 Å². The Balaban J connectivity index is 0. The maximum atomic E-state index is 5.13. The molecule has 0 atom stereocenters. The maximum Gasteiger partial charge on any atom is 0.0463 e. The van der Waals surface area contributed by atoms with Crippen LogP contribution in [-0.2, 0) is 4.74 Å². The minimum absolute atomic E-state index is 0.924. The van der Waals surface area contributed by atoms with Crippen molar-refractivity contribution in [3.63, 3.8) is 0 Å². The molecule has 0 aliphatic carbocycles. The van der Waals surface area contributed by atoms with Gasteiger partial charge < -0.3 is 4.74 Å². The summed E-state index contributed by atoms with van der Waals surface area (Å²) >= 11 is 0. The van der Waals surface area contributed by atoms with Crippen molar-refractivity contribution in [1.29, 1.82) is 0 Å². The molecule has 0 rings (SSSR count). The summed E-state index contributed by atoms with van der Waals surface area (Å²) in [6.07, 6.45) is 6.08. The molecule has 0 aromatic heterocycles. The summed E-state index contributed by atoms with van der Waals surface area (Å²) in [5.74, 6) is 2.05. The van der Waals surface area contributed by atoms with E-state index in [9.17, 15) is 0 Å². The van der Waals surface area contributed by atoms with Crippen LogP contribution in [0.15, 0.2) is 25.3 Å². The molecular formula is C12H24OS2. The predicted molar refractivity (Wildman–Crippen MR) is 76.7 cm³/mol. The lowest BCUT2D eigenvalue weighted by Crippen LogP contribution is -1.92. The third-order valence-electron chi connectivity index (χ3n) is 1.15. The van der Waals surface area contributed by atoms with Crippen LogP contribution in [0.25, 0.3) is 0 Å². The van der Waals surface area contributed by atoms with Gasteiger partial charge in [-0.15, -0.1) is 13.2 Å². The van der Waals surface area contributed by atoms with Crippen molar-refractivity contribution >= 4 is 21.6 Å². The number of hydrogen-bond donors (Lipinski definition) is 0. The molecule has 0 saturated carbocycles. The molecule has 0 N–H and O–H groups in total. The van der Waals surface area contributed by atoms with Crippen molar-refractivity contribution < 1.29 is 4.74 Å². The average molecular weight is 248 g/mol. The summed E-state index contributed by atoms with van der Waals surface area (Å²) in [6.45, 7) is 13.3. The molecule has 0 unspecified atom stereocenters. The minimum atomic E-state index is 0.924. The van der Waals surface area contributed by atoms with E-state index in [4.69, 9.17) is 4.74 Å². The number of ether oxygens (including phenoxy) is 1. The zero-order valence-corrected chi connectivity index (χ0v) is 11.7. The molecular weight excluding hydrogens is 224 g/mol. The Labute approximate surface area is 103 Å². The second-order valence-electron chi connectivity index (χ2n) is 2.76. The molecule has 0 radical (unpaired) electrons. The van der Waals surface area contributed by atoms with Crippen molar-refractivity contribution in [2.75, 3.05) is 24.7 Å². The Kier molecular flexibility index (Phi) is 23.0. The van der Waals surface area contributed by atoms with Crippen LogP contribution in [0.1, 0.15) is 26.7 Å². The molecule has 0 bridgehead atoms. The first kappa shape index (κ1) is 17.5. The maximum absolute atomic E-state index is 5.13. The summed E-state index contributed by atoms with van der Waals surface area (Å²) in [5, 5.41) is 0. The van der Waals surface area contributed by atoms with Crippen LogP contribution in [0.5, 0.6) is 0 Å². The second-order valence-corrected chi connectivity index (χ2v) is 5.31. The number of rotatable bonds is 9. The van der Waals surface area contributed by atoms with Crippen molar-refractivity contribution in [3.8, 4) is 0 Å². The van der Waals surface area contributed by atoms with Crippen LogP contribution in [0.3, 0.4) is 0 Å². The number of hydrogen-bond acceptors (Lipinski definition) is 3. The van der Waals surface area contributed by atoms with Crippen molar-refractivity contribution in [3.05, 3.63) is 25.3 Å². The van der Waals surface area contributed by atoms with Gasteiger partial charge in [-0.1, -0.05) is 47.6 Å². The van der Waals surface area contributed by atoms with Gasteiger partial charge in [-0.2, -0.15) is 0 Å². The highest BCUT2D eigenvalue weighted by Gasteiger charge is 1.79. The Morgan fingerprint density at radius 2 is 1.33 bits per heavy atom. The van der Waals surface area contributed by atoms with Gasteiger partial charge in [0.05, 0.1) is 0 Å². The monoisotopic (exact) mass is 248 g/mol. The molecule has 0 heterocycles. The highest BCUT2D eigenvalue weighted by atomic mass is 33.1. The Bertz CT molecular complexity index is 113. The molecule has 0 aliphatic rings. The van der Waals surface area contributed by atoms with Crippen molar-refractivity contribution in [1.82, 2.24) is 0 Å². The summed E-state index contributed by atoms with van der Waals surface area (Å²) in [4.78, 5) is 0. The van der Waals surface area contributed by atoms with Gasteiger partial charge in [-0.05, 0) is 12.8 Å². The van der Waals surface area contributed by atoms with E-state index in [1.54, 1.807) is 21.6 Å². The van der Waals surface area contributed by atoms with Gasteiger partial charge in [0, 0.05) is 24.7 Å². The van der Waals surface area contributed by atoms with E-state index in [1.807, 2.05) is 12.2 Å². The van der Waals surface area contributed by atoms with Crippen LogP contribution in [-0.4, -0.2) is 24.7 Å². The fraction of sp³-hybridized carbons (Fsp3) is 0.667. The average Bonchev–Trinajstić information content (AvgIpc) is 2.26. The van der Waals surface area contributed by atoms with Gasteiger partial charge >= 0.3 is 0 Å². The summed E-state index contributed by atoms with van der Waals surface area (Å²) in [5.41, 5.74) is 0. The first-order valence-electron chi connectivity index (χ1n) is 5.37. The summed E-state index contributed by atoms with van der Waals surface area (Å²) in [6, 6.07) is 0. The van der Waals surface area contributed by atoms with E-state index in [-0.39, 0.29) is 0 Å². The van der Waals surface area contributed by atoms with E-state index in [2.05, 4.69) is 27.0 Å². The highest BCUT2D eigenvalue weighted by molar-refractivity contribution is 8.76. The van der Waals surface area contributed by atoms with Gasteiger partial charge in [0.15, 0.2) is 0 Å². The Morgan fingerprint density at radius 3 is 1.60 bits per heavy atom. The van der Waals surface area contributed by atoms with E-state index in [1.165, 1.54) is 0 Å². The van der Waals surface area contributed by atoms with Gasteiger partial charge in [-0.25, -0.2) is 0 Å². The van der Waals surface area contributed by atoms with Gasteiger partial charge in [0.1, 0.15) is 0 Å². The van der Waals surface area contributed by atoms with E-state index in [0.717, 1.165) is 37.6 Å². The van der Waals surface area contributed by atoms with Crippen molar-refractivity contribution in [2.24, 2.45) is 0 Å². The van der Waals surface area contributed by atoms with Crippen LogP contribution in [0.2, 0.25) is 0 Å². The molecule has 15 heavy (non-hydrogen) atoms. The molecule has 0 saturated heterocycles. The molecule has 1 nitrogen and oxygen atoms in total. The lowest BCUT2D eigenvalue weighted by atomic mass is 10.5. The zero-order chi connectivity index (χ0) is 11.8. The van der Waals surface area contributed by atoms with E-state index >= 15 is 0 Å². The lowest BCUT2D eigenvalue weighted by molar-refractivity contribution is 0.135. The van der Waals surface area contributed by atoms with E-state index in [0.29, 0.717) is 0 Å². The Morgan fingerprint density at radius 1 is 0.933 bits per heavy atom. The van der Waals surface area contributed by atoms with Crippen LogP contribution < -0.4 is 0 Å². The fourth-order valence-corrected chi connectivity index (χ4v) is 2.12. The zero-order valence-electron chi connectivity index (χ0n) is 10.0. The quantitative estimate of drug-likeness (QED) is 0.336. The molecule has 0 aromatic carbocycles. The molecule has 0 aromatic rings. The summed E-state index contributed by atoms with van der Waals surface area (Å²) in [7, 11) is 3.61.